The number of hydrogen-bond donors (Lipinski definition) is 1. The van der Waals surface area contributed by atoms with Gasteiger partial charge in [0, 0.05) is 24.8 Å². The molecule has 1 aromatic carbocycles. The van der Waals surface area contributed by atoms with E-state index >= 15 is 0 Å². The van der Waals surface area contributed by atoms with Crippen molar-refractivity contribution >= 4 is 5.69 Å². The van der Waals surface area contributed by atoms with Crippen LogP contribution < -0.4 is 15.0 Å². The van der Waals surface area contributed by atoms with Gasteiger partial charge in [-0.2, -0.15) is 0 Å². The maximum Gasteiger partial charge on any atom is 0.119 e. The zero-order valence-corrected chi connectivity index (χ0v) is 12.5. The van der Waals surface area contributed by atoms with E-state index in [1.807, 2.05) is 0 Å². The molecule has 20 heavy (non-hydrogen) atoms. The van der Waals surface area contributed by atoms with E-state index in [1.54, 1.807) is 7.11 Å². The third kappa shape index (κ3) is 3.09. The lowest BCUT2D eigenvalue weighted by Crippen LogP contribution is -2.36. The fraction of sp³-hybridized carbons (Fsp3) is 0.647. The van der Waals surface area contributed by atoms with Gasteiger partial charge in [0.2, 0.25) is 0 Å². The van der Waals surface area contributed by atoms with Gasteiger partial charge in [0.05, 0.1) is 7.11 Å². The Bertz CT molecular complexity index is 435. The van der Waals surface area contributed by atoms with Gasteiger partial charge in [-0.3, -0.25) is 0 Å². The molecule has 1 N–H and O–H groups in total. The van der Waals surface area contributed by atoms with Crippen LogP contribution >= 0.6 is 0 Å². The number of anilines is 1. The molecule has 1 unspecified atom stereocenters. The molecule has 2 heterocycles. The van der Waals surface area contributed by atoms with Crippen molar-refractivity contribution in [1.29, 1.82) is 0 Å². The molecule has 0 aromatic heterocycles. The summed E-state index contributed by atoms with van der Waals surface area (Å²) in [4.78, 5) is 2.54. The zero-order chi connectivity index (χ0) is 13.8. The van der Waals surface area contributed by atoms with Crippen LogP contribution in [0.5, 0.6) is 5.75 Å². The maximum absolute atomic E-state index is 5.42. The van der Waals surface area contributed by atoms with Gasteiger partial charge >= 0.3 is 0 Å². The first-order valence-corrected chi connectivity index (χ1v) is 8.02. The maximum atomic E-state index is 5.42. The molecule has 1 aromatic rings. The van der Waals surface area contributed by atoms with Crippen molar-refractivity contribution < 1.29 is 4.74 Å². The van der Waals surface area contributed by atoms with E-state index in [9.17, 15) is 0 Å². The van der Waals surface area contributed by atoms with Gasteiger partial charge in [-0.05, 0) is 62.4 Å². The van der Waals surface area contributed by atoms with Gasteiger partial charge < -0.3 is 15.0 Å². The Morgan fingerprint density at radius 3 is 2.75 bits per heavy atom. The Morgan fingerprint density at radius 1 is 1.20 bits per heavy atom. The Morgan fingerprint density at radius 2 is 2.05 bits per heavy atom. The van der Waals surface area contributed by atoms with Gasteiger partial charge in [0.15, 0.2) is 0 Å². The molecule has 0 spiro atoms. The molecule has 0 radical (unpaired) electrons. The molecule has 2 aliphatic heterocycles. The van der Waals surface area contributed by atoms with Crippen molar-refractivity contribution in [1.82, 2.24) is 5.32 Å². The molecule has 3 nitrogen and oxygen atoms in total. The average molecular weight is 274 g/mol. The predicted molar refractivity (Wildman–Crippen MR) is 83.8 cm³/mol. The molecule has 2 aliphatic rings. The van der Waals surface area contributed by atoms with Crippen LogP contribution in [0.3, 0.4) is 0 Å². The smallest absolute Gasteiger partial charge is 0.119 e. The Labute approximate surface area is 122 Å². The SMILES string of the molecule is COc1ccc(N2CCCC2)c(CC2CCCCN2)c1. The molecule has 2 saturated heterocycles. The van der Waals surface area contributed by atoms with Gasteiger partial charge in [-0.15, -0.1) is 0 Å². The Balaban J connectivity index is 1.80. The standard InChI is InChI=1S/C17H26N2O/c1-20-16-7-8-17(19-10-4-5-11-19)14(13-16)12-15-6-2-3-9-18-15/h7-8,13,15,18H,2-6,9-12H2,1H3. The van der Waals surface area contributed by atoms with Crippen molar-refractivity contribution in [2.24, 2.45) is 0 Å². The van der Waals surface area contributed by atoms with E-state index in [4.69, 9.17) is 4.74 Å². The summed E-state index contributed by atoms with van der Waals surface area (Å²) in [5.41, 5.74) is 2.88. The number of nitrogens with zero attached hydrogens (tertiary/aromatic N) is 1. The van der Waals surface area contributed by atoms with Crippen LogP contribution in [0.2, 0.25) is 0 Å². The van der Waals surface area contributed by atoms with Crippen LogP contribution in [0.1, 0.15) is 37.7 Å². The molecule has 0 saturated carbocycles. The minimum atomic E-state index is 0.636. The lowest BCUT2D eigenvalue weighted by Gasteiger charge is -2.27. The van der Waals surface area contributed by atoms with E-state index in [1.165, 1.54) is 63.0 Å². The van der Waals surface area contributed by atoms with Gasteiger partial charge in [0.25, 0.3) is 0 Å². The summed E-state index contributed by atoms with van der Waals surface area (Å²) >= 11 is 0. The number of rotatable bonds is 4. The lowest BCUT2D eigenvalue weighted by molar-refractivity contribution is 0.396. The molecular formula is C17H26N2O. The predicted octanol–water partition coefficient (Wildman–Crippen LogP) is 2.98. The first-order chi connectivity index (χ1) is 9.86. The topological polar surface area (TPSA) is 24.5 Å². The highest BCUT2D eigenvalue weighted by Gasteiger charge is 2.20. The van der Waals surface area contributed by atoms with Crippen LogP contribution in [0.25, 0.3) is 0 Å². The second-order valence-corrected chi connectivity index (χ2v) is 6.04. The summed E-state index contributed by atoms with van der Waals surface area (Å²) < 4.78 is 5.42. The number of nitrogens with one attached hydrogen (secondary N) is 1. The van der Waals surface area contributed by atoms with Crippen LogP contribution in [0.4, 0.5) is 5.69 Å². The van der Waals surface area contributed by atoms with E-state index < -0.39 is 0 Å². The number of methoxy groups -OCH3 is 1. The van der Waals surface area contributed by atoms with Gasteiger partial charge in [-0.1, -0.05) is 6.42 Å². The fourth-order valence-corrected chi connectivity index (χ4v) is 3.48. The second-order valence-electron chi connectivity index (χ2n) is 6.04. The summed E-state index contributed by atoms with van der Waals surface area (Å²) in [7, 11) is 1.76. The monoisotopic (exact) mass is 274 g/mol. The van der Waals surface area contributed by atoms with E-state index in [2.05, 4.69) is 28.4 Å². The summed E-state index contributed by atoms with van der Waals surface area (Å²) in [6.07, 6.45) is 7.77. The van der Waals surface area contributed by atoms with Crippen LogP contribution in [0.15, 0.2) is 18.2 Å². The molecule has 3 heteroatoms. The minimum Gasteiger partial charge on any atom is -0.497 e. The fourth-order valence-electron chi connectivity index (χ4n) is 3.48. The normalized spacial score (nSPS) is 23.1. The van der Waals surface area contributed by atoms with Crippen molar-refractivity contribution in [2.75, 3.05) is 31.6 Å². The average Bonchev–Trinajstić information content (AvgIpc) is 3.02. The summed E-state index contributed by atoms with van der Waals surface area (Å²) in [5.74, 6) is 0.985. The molecule has 2 fully saturated rings. The Hall–Kier alpha value is -1.22. The van der Waals surface area contributed by atoms with Crippen molar-refractivity contribution in [3.63, 3.8) is 0 Å². The molecule has 0 amide bonds. The van der Waals surface area contributed by atoms with Crippen LogP contribution in [0, 0.1) is 0 Å². The highest BCUT2D eigenvalue weighted by molar-refractivity contribution is 5.57. The lowest BCUT2D eigenvalue weighted by atomic mass is 9.96. The third-order valence-electron chi connectivity index (χ3n) is 4.61. The minimum absolute atomic E-state index is 0.636. The molecular weight excluding hydrogens is 248 g/mol. The molecule has 1 atom stereocenters. The highest BCUT2D eigenvalue weighted by Crippen LogP contribution is 2.30. The van der Waals surface area contributed by atoms with Crippen molar-refractivity contribution in [3.05, 3.63) is 23.8 Å². The van der Waals surface area contributed by atoms with Gasteiger partial charge in [-0.25, -0.2) is 0 Å². The largest absolute Gasteiger partial charge is 0.497 e. The van der Waals surface area contributed by atoms with Crippen LogP contribution in [-0.2, 0) is 6.42 Å². The van der Waals surface area contributed by atoms with Crippen molar-refractivity contribution in [2.45, 2.75) is 44.6 Å². The molecule has 110 valence electrons. The summed E-state index contributed by atoms with van der Waals surface area (Å²) in [5, 5.41) is 3.66. The van der Waals surface area contributed by atoms with E-state index in [0.29, 0.717) is 6.04 Å². The van der Waals surface area contributed by atoms with Gasteiger partial charge in [0.1, 0.15) is 5.75 Å². The first kappa shape index (κ1) is 13.7. The number of ether oxygens (including phenoxy) is 1. The first-order valence-electron chi connectivity index (χ1n) is 8.02. The molecule has 0 aliphatic carbocycles. The van der Waals surface area contributed by atoms with Crippen molar-refractivity contribution in [3.8, 4) is 5.75 Å². The van der Waals surface area contributed by atoms with E-state index in [0.717, 1.165) is 12.2 Å². The second kappa shape index (κ2) is 6.49. The molecule has 0 bridgehead atoms. The molecule has 3 rings (SSSR count). The third-order valence-corrected chi connectivity index (χ3v) is 4.61. The zero-order valence-electron chi connectivity index (χ0n) is 12.5. The number of hydrogen-bond acceptors (Lipinski definition) is 3. The number of piperidine rings is 1. The summed E-state index contributed by atoms with van der Waals surface area (Å²) in [6.45, 7) is 3.59. The Kier molecular flexibility index (Phi) is 4.46. The highest BCUT2D eigenvalue weighted by atomic mass is 16.5. The van der Waals surface area contributed by atoms with Crippen LogP contribution in [-0.4, -0.2) is 32.8 Å². The van der Waals surface area contributed by atoms with E-state index in [-0.39, 0.29) is 0 Å². The summed E-state index contributed by atoms with van der Waals surface area (Å²) in [6, 6.07) is 7.23. The number of benzene rings is 1. The quantitative estimate of drug-likeness (QED) is 0.913.